The van der Waals surface area contributed by atoms with Crippen molar-refractivity contribution in [2.75, 3.05) is 30.7 Å². The minimum atomic E-state index is 0.542. The number of piperidine rings is 3. The third kappa shape index (κ3) is 1.88. The number of benzene rings is 1. The zero-order valence-corrected chi connectivity index (χ0v) is 11.6. The topological polar surface area (TPSA) is 54.2 Å². The monoisotopic (exact) mass is 274 g/mol. The van der Waals surface area contributed by atoms with Crippen LogP contribution in [0.2, 0.25) is 0 Å². The Labute approximate surface area is 116 Å². The number of nitrogens with zero attached hydrogens (tertiary/aromatic N) is 2. The molecule has 1 aromatic carbocycles. The second-order valence-electron chi connectivity index (χ2n) is 5.61. The highest BCUT2D eigenvalue weighted by Gasteiger charge is 2.34. The van der Waals surface area contributed by atoms with Crippen molar-refractivity contribution in [3.05, 3.63) is 17.6 Å². The van der Waals surface area contributed by atoms with E-state index in [1.807, 2.05) is 5.51 Å². The minimum Gasteiger partial charge on any atom is -0.395 e. The number of aromatic nitrogens is 1. The minimum absolute atomic E-state index is 0.542. The highest BCUT2D eigenvalue weighted by atomic mass is 32.1. The van der Waals surface area contributed by atoms with Gasteiger partial charge in [0.2, 0.25) is 0 Å². The van der Waals surface area contributed by atoms with Crippen molar-refractivity contribution in [2.24, 2.45) is 5.92 Å². The summed E-state index contributed by atoms with van der Waals surface area (Å²) in [5.74, 6) is 0.801. The molecule has 100 valence electrons. The van der Waals surface area contributed by atoms with Gasteiger partial charge < -0.3 is 16.0 Å². The van der Waals surface area contributed by atoms with Crippen LogP contribution in [-0.2, 0) is 0 Å². The van der Waals surface area contributed by atoms with Crippen LogP contribution in [0.5, 0.6) is 0 Å². The molecule has 2 aromatic rings. The Morgan fingerprint density at radius 1 is 1.32 bits per heavy atom. The zero-order chi connectivity index (χ0) is 12.8. The fourth-order valence-electron chi connectivity index (χ4n) is 3.41. The van der Waals surface area contributed by atoms with Gasteiger partial charge in [0.15, 0.2) is 0 Å². The summed E-state index contributed by atoms with van der Waals surface area (Å²) in [6, 6.07) is 4.77. The quantitative estimate of drug-likeness (QED) is 0.826. The number of hydrogen-bond acceptors (Lipinski definition) is 5. The number of fused-ring (bicyclic) bond motifs is 4. The Bertz CT molecular complexity index is 601. The van der Waals surface area contributed by atoms with Crippen LogP contribution in [0, 0.1) is 5.92 Å². The normalized spacial score (nSPS) is 29.8. The van der Waals surface area contributed by atoms with E-state index >= 15 is 0 Å². The Morgan fingerprint density at radius 3 is 2.89 bits per heavy atom. The van der Waals surface area contributed by atoms with Crippen LogP contribution in [0.3, 0.4) is 0 Å². The smallest absolute Gasteiger partial charge is 0.106 e. The van der Waals surface area contributed by atoms with Crippen molar-refractivity contribution < 1.29 is 0 Å². The number of hydrogen-bond donors (Lipinski definition) is 2. The lowest BCUT2D eigenvalue weighted by atomic mass is 9.84. The van der Waals surface area contributed by atoms with E-state index < -0.39 is 0 Å². The predicted molar refractivity (Wildman–Crippen MR) is 80.6 cm³/mol. The molecule has 3 aliphatic heterocycles. The van der Waals surface area contributed by atoms with Crippen LogP contribution in [0.1, 0.15) is 12.8 Å². The molecule has 1 atom stereocenters. The molecule has 2 bridgehead atoms. The van der Waals surface area contributed by atoms with Gasteiger partial charge in [-0.2, -0.15) is 0 Å². The molecule has 0 amide bonds. The fourth-order valence-corrected chi connectivity index (χ4v) is 4.10. The Balaban J connectivity index is 1.62. The van der Waals surface area contributed by atoms with Gasteiger partial charge in [0, 0.05) is 12.6 Å². The summed E-state index contributed by atoms with van der Waals surface area (Å²) in [6.07, 6.45) is 2.63. The van der Waals surface area contributed by atoms with Gasteiger partial charge in [-0.15, -0.1) is 11.3 Å². The lowest BCUT2D eigenvalue weighted by Gasteiger charge is -2.45. The highest BCUT2D eigenvalue weighted by molar-refractivity contribution is 7.16. The lowest BCUT2D eigenvalue weighted by molar-refractivity contribution is 0.0975. The van der Waals surface area contributed by atoms with Gasteiger partial charge in [-0.05, 0) is 44.0 Å². The van der Waals surface area contributed by atoms with Crippen molar-refractivity contribution >= 4 is 32.9 Å². The summed E-state index contributed by atoms with van der Waals surface area (Å²) < 4.78 is 1.16. The number of thiazole rings is 1. The molecular formula is C14H18N4S. The van der Waals surface area contributed by atoms with Crippen LogP contribution in [0.15, 0.2) is 17.6 Å². The fraction of sp³-hybridized carbons (Fsp3) is 0.500. The molecule has 1 aromatic heterocycles. The molecule has 3 N–H and O–H groups in total. The largest absolute Gasteiger partial charge is 0.395 e. The van der Waals surface area contributed by atoms with E-state index in [1.54, 1.807) is 11.3 Å². The summed E-state index contributed by atoms with van der Waals surface area (Å²) in [5, 5.41) is 3.66. The van der Waals surface area contributed by atoms with Gasteiger partial charge in [0.25, 0.3) is 0 Å². The van der Waals surface area contributed by atoms with E-state index in [0.717, 1.165) is 34.1 Å². The van der Waals surface area contributed by atoms with Crippen molar-refractivity contribution in [2.45, 2.75) is 18.9 Å². The molecule has 3 saturated heterocycles. The van der Waals surface area contributed by atoms with Crippen LogP contribution >= 0.6 is 11.3 Å². The first kappa shape index (κ1) is 11.5. The number of nitrogens with one attached hydrogen (secondary N) is 1. The second-order valence-corrected chi connectivity index (χ2v) is 6.50. The van der Waals surface area contributed by atoms with E-state index in [2.05, 4.69) is 27.3 Å². The van der Waals surface area contributed by atoms with Crippen molar-refractivity contribution in [1.29, 1.82) is 0 Å². The molecule has 0 saturated carbocycles. The van der Waals surface area contributed by atoms with Crippen LogP contribution in [-0.4, -0.2) is 35.6 Å². The number of anilines is 2. The summed E-state index contributed by atoms with van der Waals surface area (Å²) in [7, 11) is 0. The zero-order valence-electron chi connectivity index (χ0n) is 10.8. The van der Waals surface area contributed by atoms with E-state index in [0.29, 0.717) is 6.04 Å². The van der Waals surface area contributed by atoms with E-state index in [4.69, 9.17) is 5.73 Å². The van der Waals surface area contributed by atoms with Gasteiger partial charge in [-0.3, -0.25) is 0 Å². The van der Waals surface area contributed by atoms with Crippen LogP contribution in [0.4, 0.5) is 11.4 Å². The third-order valence-corrected chi connectivity index (χ3v) is 5.33. The standard InChI is InChI=1S/C14H18N4S/c15-13-10(1-2-12-14(13)16-8-19-12)17-11-7-18-5-3-9(11)4-6-18/h1-2,8-9,11,17H,3-7,15H2. The van der Waals surface area contributed by atoms with Crippen molar-refractivity contribution in [3.63, 3.8) is 0 Å². The summed E-state index contributed by atoms with van der Waals surface area (Å²) in [5.41, 5.74) is 10.9. The first-order valence-electron chi connectivity index (χ1n) is 6.92. The first-order valence-corrected chi connectivity index (χ1v) is 7.80. The molecule has 19 heavy (non-hydrogen) atoms. The Hall–Kier alpha value is -1.33. The molecule has 4 heterocycles. The Morgan fingerprint density at radius 2 is 2.16 bits per heavy atom. The molecule has 5 heteroatoms. The van der Waals surface area contributed by atoms with Crippen molar-refractivity contribution in [1.82, 2.24) is 9.88 Å². The summed E-state index contributed by atoms with van der Waals surface area (Å²) in [6.45, 7) is 3.69. The average molecular weight is 274 g/mol. The van der Waals surface area contributed by atoms with Crippen molar-refractivity contribution in [3.8, 4) is 0 Å². The van der Waals surface area contributed by atoms with Crippen LogP contribution < -0.4 is 11.1 Å². The second kappa shape index (κ2) is 4.35. The maximum absolute atomic E-state index is 6.25. The third-order valence-electron chi connectivity index (χ3n) is 4.54. The number of rotatable bonds is 2. The van der Waals surface area contributed by atoms with E-state index in [1.165, 1.54) is 25.9 Å². The van der Waals surface area contributed by atoms with Gasteiger partial charge in [-0.25, -0.2) is 4.98 Å². The summed E-state index contributed by atoms with van der Waals surface area (Å²) >= 11 is 1.64. The van der Waals surface area contributed by atoms with Crippen LogP contribution in [0.25, 0.3) is 10.2 Å². The van der Waals surface area contributed by atoms with Gasteiger partial charge in [-0.1, -0.05) is 0 Å². The molecular weight excluding hydrogens is 256 g/mol. The molecule has 3 aliphatic rings. The summed E-state index contributed by atoms with van der Waals surface area (Å²) in [4.78, 5) is 6.91. The maximum atomic E-state index is 6.25. The average Bonchev–Trinajstić information content (AvgIpc) is 2.93. The maximum Gasteiger partial charge on any atom is 0.106 e. The lowest BCUT2D eigenvalue weighted by Crippen LogP contribution is -2.53. The van der Waals surface area contributed by atoms with Gasteiger partial charge >= 0.3 is 0 Å². The number of nitrogen functional groups attached to an aromatic ring is 1. The molecule has 4 nitrogen and oxygen atoms in total. The number of nitrogens with two attached hydrogens (primary N) is 1. The molecule has 0 radical (unpaired) electrons. The SMILES string of the molecule is Nc1c(NC2CN3CCC2CC3)ccc2scnc12. The van der Waals surface area contributed by atoms with Gasteiger partial charge in [0.1, 0.15) is 5.52 Å². The van der Waals surface area contributed by atoms with E-state index in [9.17, 15) is 0 Å². The van der Waals surface area contributed by atoms with Gasteiger partial charge in [0.05, 0.1) is 21.6 Å². The van der Waals surface area contributed by atoms with E-state index in [-0.39, 0.29) is 0 Å². The highest BCUT2D eigenvalue weighted by Crippen LogP contribution is 2.34. The molecule has 3 fully saturated rings. The Kier molecular flexibility index (Phi) is 2.63. The first-order chi connectivity index (χ1) is 9.31. The molecule has 1 unspecified atom stereocenters. The molecule has 0 spiro atoms. The molecule has 5 rings (SSSR count). The predicted octanol–water partition coefficient (Wildman–Crippen LogP) is 2.38. The molecule has 0 aliphatic carbocycles.